The van der Waals surface area contributed by atoms with Crippen LogP contribution >= 0.6 is 0 Å². The van der Waals surface area contributed by atoms with E-state index in [1.54, 1.807) is 12.1 Å². The summed E-state index contributed by atoms with van der Waals surface area (Å²) in [5, 5.41) is 2.78. The molecule has 0 bridgehead atoms. The lowest BCUT2D eigenvalue weighted by Gasteiger charge is -2.31. The Morgan fingerprint density at radius 1 is 0.970 bits per heavy atom. The Kier molecular flexibility index (Phi) is 6.66. The number of hydrogen-bond acceptors (Lipinski definition) is 5. The molecular formula is C23H21F4N3O2S. The van der Waals surface area contributed by atoms with E-state index in [-0.39, 0.29) is 17.9 Å². The van der Waals surface area contributed by atoms with Crippen LogP contribution in [0.25, 0.3) is 0 Å². The van der Waals surface area contributed by atoms with E-state index in [0.29, 0.717) is 12.1 Å². The number of likely N-dealkylation sites (tertiary alicyclic amines) is 1. The van der Waals surface area contributed by atoms with Crippen molar-refractivity contribution in [2.24, 2.45) is 0 Å². The van der Waals surface area contributed by atoms with Gasteiger partial charge in [0.15, 0.2) is 9.84 Å². The molecule has 1 saturated heterocycles. The number of sulfone groups is 1. The molecule has 0 saturated carbocycles. The quantitative estimate of drug-likeness (QED) is 0.485. The van der Waals surface area contributed by atoms with Crippen molar-refractivity contribution < 1.29 is 26.0 Å². The maximum absolute atomic E-state index is 14.7. The second kappa shape index (κ2) is 9.48. The highest BCUT2D eigenvalue weighted by Crippen LogP contribution is 2.27. The highest BCUT2D eigenvalue weighted by atomic mass is 32.2. The first-order chi connectivity index (χ1) is 15.7. The number of anilines is 1. The molecule has 2 aromatic carbocycles. The molecule has 3 aromatic rings. The maximum atomic E-state index is 14.7. The van der Waals surface area contributed by atoms with Crippen molar-refractivity contribution in [1.29, 1.82) is 0 Å². The summed E-state index contributed by atoms with van der Waals surface area (Å²) in [6.07, 6.45) is 1.91. The van der Waals surface area contributed by atoms with E-state index in [9.17, 15) is 26.0 Å². The third-order valence-electron chi connectivity index (χ3n) is 5.46. The molecule has 174 valence electrons. The predicted molar refractivity (Wildman–Crippen MR) is 115 cm³/mol. The van der Waals surface area contributed by atoms with Crippen LogP contribution < -0.4 is 5.32 Å². The van der Waals surface area contributed by atoms with Crippen LogP contribution in [-0.2, 0) is 28.7 Å². The molecule has 1 N–H and O–H groups in total. The van der Waals surface area contributed by atoms with Gasteiger partial charge in [-0.15, -0.1) is 0 Å². The first kappa shape index (κ1) is 23.2. The van der Waals surface area contributed by atoms with E-state index in [4.69, 9.17) is 0 Å². The fourth-order valence-electron chi connectivity index (χ4n) is 3.64. The normalized spacial score (nSPS) is 14.2. The second-order valence-electron chi connectivity index (χ2n) is 7.86. The fourth-order valence-corrected chi connectivity index (χ4v) is 5.05. The van der Waals surface area contributed by atoms with Crippen LogP contribution in [0.4, 0.5) is 23.2 Å². The van der Waals surface area contributed by atoms with Crippen molar-refractivity contribution in [3.63, 3.8) is 0 Å². The third-order valence-corrected chi connectivity index (χ3v) is 7.15. The van der Waals surface area contributed by atoms with Gasteiger partial charge in [-0.25, -0.2) is 26.0 Å². The van der Waals surface area contributed by atoms with Gasteiger partial charge in [-0.2, -0.15) is 0 Å². The molecule has 4 rings (SSSR count). The molecule has 0 aliphatic carbocycles. The minimum absolute atomic E-state index is 0.0259. The molecule has 2 heterocycles. The summed E-state index contributed by atoms with van der Waals surface area (Å²) in [5.41, 5.74) is 1.08. The summed E-state index contributed by atoms with van der Waals surface area (Å²) in [5.74, 6) is -4.45. The molecule has 1 aliphatic rings. The monoisotopic (exact) mass is 479 g/mol. The van der Waals surface area contributed by atoms with Crippen LogP contribution in [0.3, 0.4) is 0 Å². The minimum atomic E-state index is -4.42. The van der Waals surface area contributed by atoms with Crippen LogP contribution in [0, 0.1) is 23.3 Å². The van der Waals surface area contributed by atoms with Gasteiger partial charge in [0.05, 0.1) is 17.6 Å². The predicted octanol–water partition coefficient (Wildman–Crippen LogP) is 4.43. The summed E-state index contributed by atoms with van der Waals surface area (Å²) in [7, 11) is -4.42. The Morgan fingerprint density at radius 2 is 1.70 bits per heavy atom. The van der Waals surface area contributed by atoms with Crippen molar-refractivity contribution in [1.82, 2.24) is 9.88 Å². The van der Waals surface area contributed by atoms with E-state index in [1.165, 1.54) is 6.07 Å². The number of aromatic nitrogens is 1. The van der Waals surface area contributed by atoms with E-state index in [1.807, 2.05) is 0 Å². The first-order valence-electron chi connectivity index (χ1n) is 10.3. The van der Waals surface area contributed by atoms with Crippen LogP contribution in [-0.4, -0.2) is 31.4 Å². The van der Waals surface area contributed by atoms with Crippen molar-refractivity contribution in [3.05, 3.63) is 88.8 Å². The summed E-state index contributed by atoms with van der Waals surface area (Å²) >= 11 is 0. The lowest BCUT2D eigenvalue weighted by molar-refractivity contribution is 0.172. The number of halogens is 4. The van der Waals surface area contributed by atoms with Gasteiger partial charge in [0, 0.05) is 24.3 Å². The summed E-state index contributed by atoms with van der Waals surface area (Å²) in [6, 6.07) is 8.58. The fraction of sp³-hybridized carbons (Fsp3) is 0.261. The number of nitrogens with one attached hydrogen (secondary N) is 1. The zero-order valence-electron chi connectivity index (χ0n) is 17.5. The van der Waals surface area contributed by atoms with E-state index < -0.39 is 43.8 Å². The smallest absolute Gasteiger partial charge is 0.189 e. The van der Waals surface area contributed by atoms with Gasteiger partial charge in [0.1, 0.15) is 28.2 Å². The zero-order chi connectivity index (χ0) is 23.6. The highest BCUT2D eigenvalue weighted by Gasteiger charge is 2.26. The Balaban J connectivity index is 1.53. The molecule has 1 aromatic heterocycles. The lowest BCUT2D eigenvalue weighted by Crippen LogP contribution is -2.36. The molecule has 0 radical (unpaired) electrons. The average molecular weight is 479 g/mol. The van der Waals surface area contributed by atoms with Crippen LogP contribution in [0.1, 0.15) is 23.2 Å². The largest absolute Gasteiger partial charge is 0.381 e. The second-order valence-corrected chi connectivity index (χ2v) is 9.78. The van der Waals surface area contributed by atoms with Crippen molar-refractivity contribution in [3.8, 4) is 0 Å². The molecular weight excluding hydrogens is 458 g/mol. The average Bonchev–Trinajstić information content (AvgIpc) is 2.71. The standard InChI is InChI=1S/C23H21F4N3O2S/c24-16-5-6-17(28-11-16)14-33(31,32)23-21(26)9-18(10-22(23)27)29-12-19-15(3-1-4-20(19)25)13-30-7-2-8-30/h1,3-6,9-11,29H,2,7-8,12-14H2. The Labute approximate surface area is 189 Å². The SMILES string of the molecule is O=S(=O)(Cc1ccc(F)cn1)c1c(F)cc(NCc2c(F)cccc2CN2CCC2)cc1F. The van der Waals surface area contributed by atoms with Gasteiger partial charge in [-0.3, -0.25) is 9.88 Å². The number of pyridine rings is 1. The zero-order valence-corrected chi connectivity index (χ0v) is 18.3. The van der Waals surface area contributed by atoms with Gasteiger partial charge >= 0.3 is 0 Å². The number of hydrogen-bond donors (Lipinski definition) is 1. The molecule has 1 fully saturated rings. The molecule has 33 heavy (non-hydrogen) atoms. The third kappa shape index (κ3) is 5.33. The maximum Gasteiger partial charge on any atom is 0.189 e. The summed E-state index contributed by atoms with van der Waals surface area (Å²) in [6.45, 7) is 2.42. The molecule has 10 heteroatoms. The molecule has 0 amide bonds. The van der Waals surface area contributed by atoms with Gasteiger partial charge < -0.3 is 5.32 Å². The lowest BCUT2D eigenvalue weighted by atomic mass is 10.0. The molecule has 5 nitrogen and oxygen atoms in total. The van der Waals surface area contributed by atoms with Gasteiger partial charge in [-0.1, -0.05) is 12.1 Å². The minimum Gasteiger partial charge on any atom is -0.381 e. The van der Waals surface area contributed by atoms with E-state index in [2.05, 4.69) is 15.2 Å². The Bertz CT molecular complexity index is 1240. The number of benzene rings is 2. The first-order valence-corrected chi connectivity index (χ1v) is 11.9. The molecule has 0 unspecified atom stereocenters. The highest BCUT2D eigenvalue weighted by molar-refractivity contribution is 7.90. The summed E-state index contributed by atoms with van der Waals surface area (Å²) < 4.78 is 81.8. The van der Waals surface area contributed by atoms with Gasteiger partial charge in [-0.05, 0) is 55.4 Å². The van der Waals surface area contributed by atoms with Gasteiger partial charge in [0.2, 0.25) is 0 Å². The van der Waals surface area contributed by atoms with Crippen molar-refractivity contribution >= 4 is 15.5 Å². The number of nitrogens with zero attached hydrogens (tertiary/aromatic N) is 2. The topological polar surface area (TPSA) is 62.3 Å². The van der Waals surface area contributed by atoms with Crippen LogP contribution in [0.2, 0.25) is 0 Å². The van der Waals surface area contributed by atoms with Gasteiger partial charge in [0.25, 0.3) is 0 Å². The summed E-state index contributed by atoms with van der Waals surface area (Å²) in [4.78, 5) is 4.69. The molecule has 0 spiro atoms. The van der Waals surface area contributed by atoms with Crippen molar-refractivity contribution in [2.45, 2.75) is 30.2 Å². The van der Waals surface area contributed by atoms with Crippen LogP contribution in [0.5, 0.6) is 0 Å². The van der Waals surface area contributed by atoms with E-state index in [0.717, 1.165) is 55.5 Å². The molecule has 0 atom stereocenters. The number of rotatable bonds is 8. The molecule has 1 aliphatic heterocycles. The Morgan fingerprint density at radius 3 is 2.30 bits per heavy atom. The Hall–Kier alpha value is -2.98. The van der Waals surface area contributed by atoms with Crippen LogP contribution in [0.15, 0.2) is 53.6 Å². The van der Waals surface area contributed by atoms with Crippen molar-refractivity contribution in [2.75, 3.05) is 18.4 Å². The van der Waals surface area contributed by atoms with E-state index >= 15 is 0 Å².